The monoisotopic (exact) mass is 268 g/mol. The molecule has 1 fully saturated rings. The smallest absolute Gasteiger partial charge is 0.243 e. The molecule has 2 rings (SSSR count). The lowest BCUT2D eigenvalue weighted by Crippen LogP contribution is -2.29. The zero-order valence-electron chi connectivity index (χ0n) is 9.68. The highest BCUT2D eigenvalue weighted by Gasteiger charge is 2.29. The van der Waals surface area contributed by atoms with Crippen LogP contribution < -0.4 is 4.90 Å². The Morgan fingerprint density at radius 1 is 1.47 bits per heavy atom. The lowest BCUT2D eigenvalue weighted by atomic mass is 10.3. The van der Waals surface area contributed by atoms with Crippen LogP contribution in [0, 0.1) is 0 Å². The first kappa shape index (κ1) is 12.5. The number of carbonyl (C=O) groups is 1. The third-order valence-corrected chi connectivity index (χ3v) is 3.37. The lowest BCUT2D eigenvalue weighted by molar-refractivity contribution is -0.115. The minimum atomic E-state index is 0.0525. The number of nitrogens with zero attached hydrogens (tertiary/aromatic N) is 2. The van der Waals surface area contributed by atoms with Crippen molar-refractivity contribution in [2.45, 2.75) is 19.9 Å². The Morgan fingerprint density at radius 2 is 2.24 bits per heavy atom. The van der Waals surface area contributed by atoms with Gasteiger partial charge >= 0.3 is 0 Å². The van der Waals surface area contributed by atoms with Crippen LogP contribution >= 0.6 is 23.4 Å². The predicted molar refractivity (Wildman–Crippen MR) is 74.0 cm³/mol. The van der Waals surface area contributed by atoms with Gasteiger partial charge in [-0.25, -0.2) is 0 Å². The number of hydrogen-bond donors (Lipinski definition) is 0. The van der Waals surface area contributed by atoms with Crippen molar-refractivity contribution in [3.63, 3.8) is 0 Å². The maximum Gasteiger partial charge on any atom is 0.243 e. The summed E-state index contributed by atoms with van der Waals surface area (Å²) in [4.78, 5) is 18.0. The van der Waals surface area contributed by atoms with Gasteiger partial charge in [-0.2, -0.15) is 0 Å². The summed E-state index contributed by atoms with van der Waals surface area (Å²) >= 11 is 7.41. The van der Waals surface area contributed by atoms with Gasteiger partial charge in [-0.3, -0.25) is 14.7 Å². The molecule has 1 aliphatic heterocycles. The van der Waals surface area contributed by atoms with Crippen molar-refractivity contribution >= 4 is 40.1 Å². The summed E-state index contributed by atoms with van der Waals surface area (Å²) in [6.07, 6.45) is 0. The second-order valence-corrected chi connectivity index (χ2v) is 5.38. The number of rotatable bonds is 2. The predicted octanol–water partition coefficient (Wildman–Crippen LogP) is 3.18. The Labute approximate surface area is 110 Å². The maximum atomic E-state index is 11.9. The molecule has 0 saturated carbocycles. The fourth-order valence-electron chi connectivity index (χ4n) is 1.55. The quantitative estimate of drug-likeness (QED) is 0.825. The molecule has 0 unspecified atom stereocenters. The fourth-order valence-corrected chi connectivity index (χ4v) is 2.74. The zero-order valence-corrected chi connectivity index (χ0v) is 11.3. The van der Waals surface area contributed by atoms with Crippen LogP contribution in [0.2, 0.25) is 5.02 Å². The van der Waals surface area contributed by atoms with E-state index in [0.29, 0.717) is 10.8 Å². The molecule has 0 aliphatic carbocycles. The minimum absolute atomic E-state index is 0.0525. The van der Waals surface area contributed by atoms with E-state index in [1.807, 2.05) is 26.0 Å². The van der Waals surface area contributed by atoms with Gasteiger partial charge in [-0.1, -0.05) is 29.4 Å². The minimum Gasteiger partial charge on any atom is -0.273 e. The van der Waals surface area contributed by atoms with Gasteiger partial charge in [0, 0.05) is 11.1 Å². The molecular weight excluding hydrogens is 256 g/mol. The molecule has 1 heterocycles. The number of anilines is 1. The van der Waals surface area contributed by atoms with E-state index in [9.17, 15) is 4.79 Å². The van der Waals surface area contributed by atoms with Gasteiger partial charge in [-0.15, -0.1) is 0 Å². The van der Waals surface area contributed by atoms with Crippen LogP contribution in [0.3, 0.4) is 0 Å². The van der Waals surface area contributed by atoms with E-state index < -0.39 is 0 Å². The average molecular weight is 269 g/mol. The van der Waals surface area contributed by atoms with Crippen LogP contribution in [0.5, 0.6) is 0 Å². The summed E-state index contributed by atoms with van der Waals surface area (Å²) in [5, 5.41) is 1.38. The van der Waals surface area contributed by atoms with Crippen molar-refractivity contribution < 1.29 is 4.79 Å². The second kappa shape index (κ2) is 5.10. The van der Waals surface area contributed by atoms with Crippen molar-refractivity contribution in [1.82, 2.24) is 0 Å². The Bertz CT molecular complexity index is 473. The summed E-state index contributed by atoms with van der Waals surface area (Å²) in [5.74, 6) is 0.495. The van der Waals surface area contributed by atoms with Crippen molar-refractivity contribution in [3.8, 4) is 0 Å². The second-order valence-electron chi connectivity index (χ2n) is 4.00. The van der Waals surface area contributed by atoms with Crippen molar-refractivity contribution in [1.29, 1.82) is 0 Å². The van der Waals surface area contributed by atoms with Crippen molar-refractivity contribution in [2.75, 3.05) is 10.7 Å². The first-order valence-corrected chi connectivity index (χ1v) is 6.73. The maximum absolute atomic E-state index is 11.9. The van der Waals surface area contributed by atoms with Gasteiger partial charge in [0.15, 0.2) is 5.17 Å². The molecule has 1 aliphatic rings. The van der Waals surface area contributed by atoms with Crippen molar-refractivity contribution in [2.24, 2.45) is 4.99 Å². The van der Waals surface area contributed by atoms with Gasteiger partial charge in [0.1, 0.15) is 0 Å². The van der Waals surface area contributed by atoms with E-state index in [4.69, 9.17) is 11.6 Å². The molecule has 0 aromatic heterocycles. The van der Waals surface area contributed by atoms with Crippen LogP contribution in [-0.2, 0) is 4.79 Å². The number of thioether (sulfide) groups is 1. The molecule has 0 N–H and O–H groups in total. The highest BCUT2D eigenvalue weighted by atomic mass is 35.5. The largest absolute Gasteiger partial charge is 0.273 e. The Morgan fingerprint density at radius 3 is 2.88 bits per heavy atom. The summed E-state index contributed by atoms with van der Waals surface area (Å²) in [5.41, 5.74) is 0.784. The first-order chi connectivity index (χ1) is 8.08. The molecule has 1 amide bonds. The molecule has 3 nitrogen and oxygen atoms in total. The highest BCUT2D eigenvalue weighted by Crippen LogP contribution is 2.28. The normalized spacial score (nSPS) is 18.5. The number of amides is 1. The number of benzene rings is 1. The van der Waals surface area contributed by atoms with Crippen LogP contribution in [0.15, 0.2) is 29.3 Å². The highest BCUT2D eigenvalue weighted by molar-refractivity contribution is 8.15. The fraction of sp³-hybridized carbons (Fsp3) is 0.333. The van der Waals surface area contributed by atoms with E-state index in [1.165, 1.54) is 11.8 Å². The molecule has 0 atom stereocenters. The van der Waals surface area contributed by atoms with Crippen LogP contribution in [-0.4, -0.2) is 22.9 Å². The first-order valence-electron chi connectivity index (χ1n) is 5.37. The standard InChI is InChI=1S/C12H13ClN2OS/c1-8(2)14-12-15(11(16)7-17-12)10-5-3-4-9(13)6-10/h3-6,8H,7H2,1-2H3/b14-12-. The third kappa shape index (κ3) is 2.82. The number of amidine groups is 1. The molecule has 1 saturated heterocycles. The molecular formula is C12H13ClN2OS. The number of carbonyl (C=O) groups excluding carboxylic acids is 1. The van der Waals surface area contributed by atoms with Gasteiger partial charge in [0.2, 0.25) is 5.91 Å². The average Bonchev–Trinajstić information content (AvgIpc) is 2.59. The Hall–Kier alpha value is -1.00. The Balaban J connectivity index is 2.37. The van der Waals surface area contributed by atoms with E-state index in [2.05, 4.69) is 4.99 Å². The SMILES string of the molecule is CC(C)/N=C1\SCC(=O)N1c1cccc(Cl)c1. The summed E-state index contributed by atoms with van der Waals surface area (Å²) < 4.78 is 0. The van der Waals surface area contributed by atoms with Gasteiger partial charge in [0.05, 0.1) is 11.4 Å². The molecule has 1 aromatic rings. The summed E-state index contributed by atoms with van der Waals surface area (Å²) in [7, 11) is 0. The third-order valence-electron chi connectivity index (χ3n) is 2.20. The van der Waals surface area contributed by atoms with Gasteiger partial charge in [-0.05, 0) is 32.0 Å². The van der Waals surface area contributed by atoms with Crippen LogP contribution in [0.25, 0.3) is 0 Å². The van der Waals surface area contributed by atoms with E-state index in [1.54, 1.807) is 17.0 Å². The van der Waals surface area contributed by atoms with E-state index >= 15 is 0 Å². The number of hydrogen-bond acceptors (Lipinski definition) is 3. The van der Waals surface area contributed by atoms with E-state index in [0.717, 1.165) is 10.9 Å². The zero-order chi connectivity index (χ0) is 12.4. The lowest BCUT2D eigenvalue weighted by Gasteiger charge is -2.16. The van der Waals surface area contributed by atoms with Gasteiger partial charge < -0.3 is 0 Å². The molecule has 0 spiro atoms. The number of halogens is 1. The van der Waals surface area contributed by atoms with Gasteiger partial charge in [0.25, 0.3) is 0 Å². The molecule has 1 aromatic carbocycles. The summed E-state index contributed by atoms with van der Waals surface area (Å²) in [6.45, 7) is 3.99. The molecule has 17 heavy (non-hydrogen) atoms. The van der Waals surface area contributed by atoms with Crippen LogP contribution in [0.1, 0.15) is 13.8 Å². The Kier molecular flexibility index (Phi) is 3.74. The molecule has 0 bridgehead atoms. The van der Waals surface area contributed by atoms with E-state index in [-0.39, 0.29) is 11.9 Å². The molecule has 5 heteroatoms. The molecule has 90 valence electrons. The summed E-state index contributed by atoms with van der Waals surface area (Å²) in [6, 6.07) is 7.44. The number of aliphatic imine (C=N–C) groups is 1. The van der Waals surface area contributed by atoms with Crippen LogP contribution in [0.4, 0.5) is 5.69 Å². The van der Waals surface area contributed by atoms with Crippen molar-refractivity contribution in [3.05, 3.63) is 29.3 Å². The molecule has 0 radical (unpaired) electrons. The topological polar surface area (TPSA) is 32.7 Å².